The molecule has 0 saturated carbocycles. The largest absolute Gasteiger partial charge is 0.497 e. The van der Waals surface area contributed by atoms with Crippen LogP contribution < -0.4 is 9.47 Å². The molecule has 0 fully saturated rings. The van der Waals surface area contributed by atoms with Crippen molar-refractivity contribution in [2.45, 2.75) is 25.7 Å². The minimum atomic E-state index is -0.212. The molecule has 0 spiro atoms. The molecule has 8 nitrogen and oxygen atoms in total. The molecule has 0 saturated heterocycles. The quantitative estimate of drug-likeness (QED) is 0.100. The Balaban J connectivity index is 1.13. The molecule has 0 aromatic heterocycles. The lowest BCUT2D eigenvalue weighted by molar-refractivity contribution is -0.123. The van der Waals surface area contributed by atoms with Crippen LogP contribution in [0.4, 0.5) is 0 Å². The third-order valence-corrected chi connectivity index (χ3v) is 9.68. The molecule has 4 aromatic rings. The Kier molecular flexibility index (Phi) is 12.0. The molecule has 2 aliphatic heterocycles. The Morgan fingerprint density at radius 2 is 0.942 bits per heavy atom. The number of amidine groups is 2. The summed E-state index contributed by atoms with van der Waals surface area (Å²) in [6.07, 6.45) is 6.50. The monoisotopic (exact) mass is 774 g/mol. The molecule has 0 N–H and O–H groups in total. The number of carbonyl (C=O) groups is 2. The van der Waals surface area contributed by atoms with E-state index < -0.39 is 0 Å². The second-order valence-corrected chi connectivity index (χ2v) is 13.7. The second-order valence-electron chi connectivity index (χ2n) is 12.1. The van der Waals surface area contributed by atoms with Gasteiger partial charge in [0.1, 0.15) is 34.6 Å². The van der Waals surface area contributed by atoms with Gasteiger partial charge < -0.3 is 9.47 Å². The number of carbonyl (C=O) groups excluding carboxylic acids is 2. The van der Waals surface area contributed by atoms with Gasteiger partial charge in [0, 0.05) is 34.3 Å². The maximum absolute atomic E-state index is 13.7. The predicted molar refractivity (Wildman–Crippen MR) is 210 cm³/mol. The van der Waals surface area contributed by atoms with Crippen molar-refractivity contribution >= 4 is 82.0 Å². The van der Waals surface area contributed by atoms with Gasteiger partial charge in [0.05, 0.1) is 24.3 Å². The van der Waals surface area contributed by atoms with Crippen LogP contribution in [0.3, 0.4) is 0 Å². The van der Waals surface area contributed by atoms with Crippen molar-refractivity contribution in [3.05, 3.63) is 139 Å². The van der Waals surface area contributed by atoms with E-state index in [-0.39, 0.29) is 11.8 Å². The molecule has 0 atom stereocenters. The minimum absolute atomic E-state index is 0.212. The van der Waals surface area contributed by atoms with Gasteiger partial charge >= 0.3 is 0 Å². The fraction of sp³-hybridized carbons (Fsp3) is 0.200. The molecular weight excluding hydrogens is 742 g/mol. The van der Waals surface area contributed by atoms with Crippen molar-refractivity contribution in [3.63, 3.8) is 0 Å². The summed E-state index contributed by atoms with van der Waals surface area (Å²) in [6.45, 7) is 0.863. The normalized spacial score (nSPS) is 15.9. The number of hydrogen-bond donors (Lipinski definition) is 0. The molecule has 0 aliphatic carbocycles. The fourth-order valence-corrected chi connectivity index (χ4v) is 6.86. The van der Waals surface area contributed by atoms with Gasteiger partial charge in [0.25, 0.3) is 11.8 Å². The first-order valence-electron chi connectivity index (χ1n) is 16.6. The van der Waals surface area contributed by atoms with Gasteiger partial charge in [-0.1, -0.05) is 83.5 Å². The van der Waals surface area contributed by atoms with Crippen LogP contribution >= 0.6 is 46.4 Å². The van der Waals surface area contributed by atoms with E-state index in [2.05, 4.69) is 0 Å². The molecule has 6 rings (SSSR count). The van der Waals surface area contributed by atoms with Crippen molar-refractivity contribution in [2.75, 3.05) is 27.3 Å². The topological polar surface area (TPSA) is 83.8 Å². The summed E-state index contributed by atoms with van der Waals surface area (Å²) in [6, 6.07) is 25.1. The Morgan fingerprint density at radius 1 is 0.558 bits per heavy atom. The number of methoxy groups -OCH3 is 2. The summed E-state index contributed by atoms with van der Waals surface area (Å²) in [4.78, 5) is 40.2. The summed E-state index contributed by atoms with van der Waals surface area (Å²) in [5.74, 6) is 1.97. The van der Waals surface area contributed by atoms with Gasteiger partial charge in [-0.25, -0.2) is 9.98 Å². The number of hydrogen-bond acceptors (Lipinski definition) is 6. The Bertz CT molecular complexity index is 1960. The standard InChI is InChI=1S/C40H34Cl4N4O4/c1-51-29-13-7-25(8-14-29)21-35-39(49)47(37(45-35)31-17-11-27(41)23-33(31)43)19-5-3-4-6-20-48-38(32-18-12-28(42)24-34(32)44)46-36(40(48)50)22-26-9-15-30(52-2)16-10-26/h7-18,21-24H,3-6,19-20H2,1-2H3. The van der Waals surface area contributed by atoms with Gasteiger partial charge in [-0.05, 0) is 96.8 Å². The van der Waals surface area contributed by atoms with Crippen molar-refractivity contribution in [3.8, 4) is 11.5 Å². The number of unbranched alkanes of at least 4 members (excludes halogenated alkanes) is 3. The molecule has 12 heteroatoms. The zero-order chi connectivity index (χ0) is 36.8. The number of nitrogens with zero attached hydrogens (tertiary/aromatic N) is 4. The van der Waals surface area contributed by atoms with Crippen LogP contribution in [0.1, 0.15) is 47.9 Å². The number of benzene rings is 4. The number of ether oxygens (including phenoxy) is 2. The SMILES string of the molecule is COc1ccc(C=C2N=C(c3ccc(Cl)cc3Cl)N(CCCCCCN3C(=O)C(=Cc4ccc(OC)cc4)N=C3c3ccc(Cl)cc3Cl)C2=O)cc1. The first kappa shape index (κ1) is 37.2. The van der Waals surface area contributed by atoms with E-state index in [0.29, 0.717) is 80.2 Å². The van der Waals surface area contributed by atoms with E-state index in [1.165, 1.54) is 0 Å². The molecule has 0 bridgehead atoms. The van der Waals surface area contributed by atoms with Gasteiger partial charge in [0.15, 0.2) is 0 Å². The zero-order valence-electron chi connectivity index (χ0n) is 28.4. The number of amides is 2. The Labute approximate surface area is 322 Å². The van der Waals surface area contributed by atoms with Crippen LogP contribution in [0.25, 0.3) is 12.2 Å². The number of halogens is 4. The third kappa shape index (κ3) is 8.54. The second kappa shape index (κ2) is 16.8. The van der Waals surface area contributed by atoms with E-state index in [4.69, 9.17) is 65.9 Å². The van der Waals surface area contributed by atoms with Crippen LogP contribution in [0.2, 0.25) is 20.1 Å². The summed E-state index contributed by atoms with van der Waals surface area (Å²) in [7, 11) is 3.21. The highest BCUT2D eigenvalue weighted by molar-refractivity contribution is 6.38. The first-order valence-corrected chi connectivity index (χ1v) is 18.1. The van der Waals surface area contributed by atoms with Crippen molar-refractivity contribution in [1.82, 2.24) is 9.80 Å². The van der Waals surface area contributed by atoms with Gasteiger partial charge in [-0.2, -0.15) is 0 Å². The lowest BCUT2D eigenvalue weighted by Gasteiger charge is -2.20. The summed E-state index contributed by atoms with van der Waals surface area (Å²) in [5.41, 5.74) is 3.50. The number of rotatable bonds is 13. The average Bonchev–Trinajstić information content (AvgIpc) is 3.60. The molecule has 2 heterocycles. The van der Waals surface area contributed by atoms with Crippen molar-refractivity contribution in [1.29, 1.82) is 0 Å². The van der Waals surface area contributed by atoms with E-state index in [1.54, 1.807) is 72.6 Å². The van der Waals surface area contributed by atoms with Gasteiger partial charge in [-0.15, -0.1) is 0 Å². The highest BCUT2D eigenvalue weighted by atomic mass is 35.5. The van der Waals surface area contributed by atoms with Crippen LogP contribution in [-0.2, 0) is 9.59 Å². The maximum Gasteiger partial charge on any atom is 0.278 e. The Hall–Kier alpha value is -4.60. The highest BCUT2D eigenvalue weighted by Gasteiger charge is 2.33. The maximum atomic E-state index is 13.7. The smallest absolute Gasteiger partial charge is 0.278 e. The van der Waals surface area contributed by atoms with Crippen molar-refractivity contribution < 1.29 is 19.1 Å². The predicted octanol–water partition coefficient (Wildman–Crippen LogP) is 9.84. The molecule has 0 radical (unpaired) electrons. The number of aliphatic imine (C=N–C) groups is 2. The first-order chi connectivity index (χ1) is 25.1. The third-order valence-electron chi connectivity index (χ3n) is 8.59. The van der Waals surface area contributed by atoms with Crippen molar-refractivity contribution in [2.24, 2.45) is 9.98 Å². The van der Waals surface area contributed by atoms with Crippen LogP contribution in [-0.4, -0.2) is 60.6 Å². The molecule has 2 amide bonds. The van der Waals surface area contributed by atoms with Crippen LogP contribution in [0.5, 0.6) is 11.5 Å². The average molecular weight is 777 g/mol. The minimum Gasteiger partial charge on any atom is -0.497 e. The molecule has 0 unspecified atom stereocenters. The van der Waals surface area contributed by atoms with E-state index in [9.17, 15) is 9.59 Å². The fourth-order valence-electron chi connectivity index (χ4n) is 5.88. The van der Waals surface area contributed by atoms with E-state index >= 15 is 0 Å². The van der Waals surface area contributed by atoms with Gasteiger partial charge in [-0.3, -0.25) is 19.4 Å². The summed E-state index contributed by atoms with van der Waals surface area (Å²) >= 11 is 25.5. The molecule has 4 aromatic carbocycles. The Morgan fingerprint density at radius 3 is 1.29 bits per heavy atom. The van der Waals surface area contributed by atoms with Gasteiger partial charge in [0.2, 0.25) is 0 Å². The van der Waals surface area contributed by atoms with E-state index in [1.807, 2.05) is 48.5 Å². The highest BCUT2D eigenvalue weighted by Crippen LogP contribution is 2.31. The molecule has 266 valence electrons. The van der Waals surface area contributed by atoms with Crippen LogP contribution in [0.15, 0.2) is 106 Å². The van der Waals surface area contributed by atoms with E-state index in [0.717, 1.165) is 35.5 Å². The lowest BCUT2D eigenvalue weighted by atomic mass is 10.1. The summed E-state index contributed by atoms with van der Waals surface area (Å²) in [5, 5.41) is 1.79. The molecule has 52 heavy (non-hydrogen) atoms. The lowest BCUT2D eigenvalue weighted by Crippen LogP contribution is -2.34. The summed E-state index contributed by atoms with van der Waals surface area (Å²) < 4.78 is 10.5. The molecular formula is C40H34Cl4N4O4. The zero-order valence-corrected chi connectivity index (χ0v) is 31.4. The molecule has 2 aliphatic rings. The van der Waals surface area contributed by atoms with Crippen LogP contribution in [0, 0.1) is 0 Å².